The van der Waals surface area contributed by atoms with Gasteiger partial charge in [-0.05, 0) is 30.3 Å². The number of anilines is 1. The third-order valence-corrected chi connectivity index (χ3v) is 5.17. The zero-order valence-corrected chi connectivity index (χ0v) is 17.3. The van der Waals surface area contributed by atoms with Crippen LogP contribution in [0.5, 0.6) is 5.75 Å². The van der Waals surface area contributed by atoms with Crippen LogP contribution in [0.25, 0.3) is 0 Å². The molecule has 1 aliphatic heterocycles. The van der Waals surface area contributed by atoms with E-state index in [-0.39, 0.29) is 31.3 Å². The number of Topliss-reactive ketones (excluding diaryl/α,β-unsaturated/α-hetero) is 1. The molecule has 0 spiro atoms. The molecule has 1 heterocycles. The molecule has 28 heavy (non-hydrogen) atoms. The molecule has 1 aliphatic rings. The standard InChI is InChI=1S/C20H17BrClNO5/c1-27-18-7-6-15(22)9-16(18)23-10-13(8-19(23)25)20(26)28-11-17(24)12-2-4-14(21)5-3-12/h2-7,9,13H,8,10-11H2,1H3/t13-/m1/s1. The fourth-order valence-corrected chi connectivity index (χ4v) is 3.38. The van der Waals surface area contributed by atoms with E-state index >= 15 is 0 Å². The number of nitrogens with zero attached hydrogens (tertiary/aromatic N) is 1. The first kappa shape index (κ1) is 20.4. The Morgan fingerprint density at radius 1 is 1.21 bits per heavy atom. The molecule has 1 saturated heterocycles. The lowest BCUT2D eigenvalue weighted by Crippen LogP contribution is -2.27. The Bertz CT molecular complexity index is 915. The molecule has 0 N–H and O–H groups in total. The zero-order valence-electron chi connectivity index (χ0n) is 15.0. The first-order valence-corrected chi connectivity index (χ1v) is 9.65. The molecule has 1 atom stereocenters. The first-order valence-electron chi connectivity index (χ1n) is 8.48. The lowest BCUT2D eigenvalue weighted by Gasteiger charge is -2.19. The highest BCUT2D eigenvalue weighted by Crippen LogP contribution is 2.35. The largest absolute Gasteiger partial charge is 0.495 e. The van der Waals surface area contributed by atoms with Gasteiger partial charge in [-0.1, -0.05) is 39.7 Å². The highest BCUT2D eigenvalue weighted by molar-refractivity contribution is 9.10. The summed E-state index contributed by atoms with van der Waals surface area (Å²) in [6, 6.07) is 11.7. The van der Waals surface area contributed by atoms with Crippen LogP contribution in [0.4, 0.5) is 5.69 Å². The van der Waals surface area contributed by atoms with Crippen molar-refractivity contribution in [1.82, 2.24) is 0 Å². The Labute approximate surface area is 175 Å². The number of ketones is 1. The predicted octanol–water partition coefficient (Wildman–Crippen LogP) is 3.89. The van der Waals surface area contributed by atoms with Crippen LogP contribution in [0.3, 0.4) is 0 Å². The molecule has 0 radical (unpaired) electrons. The summed E-state index contributed by atoms with van der Waals surface area (Å²) >= 11 is 9.32. The van der Waals surface area contributed by atoms with Crippen molar-refractivity contribution >= 4 is 50.9 Å². The summed E-state index contributed by atoms with van der Waals surface area (Å²) in [4.78, 5) is 38.4. The van der Waals surface area contributed by atoms with E-state index < -0.39 is 11.9 Å². The molecule has 3 rings (SSSR count). The van der Waals surface area contributed by atoms with Crippen LogP contribution in [-0.4, -0.2) is 37.9 Å². The van der Waals surface area contributed by atoms with Crippen molar-refractivity contribution in [2.24, 2.45) is 5.92 Å². The monoisotopic (exact) mass is 465 g/mol. The van der Waals surface area contributed by atoms with E-state index in [1.165, 1.54) is 12.0 Å². The SMILES string of the molecule is COc1ccc(Cl)cc1N1C[C@H](C(=O)OCC(=O)c2ccc(Br)cc2)CC1=O. The molecular weight excluding hydrogens is 450 g/mol. The first-order chi connectivity index (χ1) is 13.4. The van der Waals surface area contributed by atoms with Crippen molar-refractivity contribution in [3.63, 3.8) is 0 Å². The molecule has 1 amide bonds. The molecule has 2 aromatic rings. The third kappa shape index (κ3) is 4.54. The van der Waals surface area contributed by atoms with E-state index in [0.29, 0.717) is 22.0 Å². The number of ether oxygens (including phenoxy) is 2. The fourth-order valence-electron chi connectivity index (χ4n) is 2.95. The summed E-state index contributed by atoms with van der Waals surface area (Å²) in [5, 5.41) is 0.453. The summed E-state index contributed by atoms with van der Waals surface area (Å²) in [5.74, 6) is -1.30. The lowest BCUT2D eigenvalue weighted by atomic mass is 10.1. The summed E-state index contributed by atoms with van der Waals surface area (Å²) in [6.45, 7) is -0.230. The second kappa shape index (κ2) is 8.75. The summed E-state index contributed by atoms with van der Waals surface area (Å²) in [7, 11) is 1.49. The quantitative estimate of drug-likeness (QED) is 0.477. The van der Waals surface area contributed by atoms with Gasteiger partial charge in [0.2, 0.25) is 5.91 Å². The molecule has 8 heteroatoms. The van der Waals surface area contributed by atoms with Gasteiger partial charge in [0.15, 0.2) is 12.4 Å². The molecule has 2 aromatic carbocycles. The number of hydrogen-bond donors (Lipinski definition) is 0. The van der Waals surface area contributed by atoms with Crippen LogP contribution in [0.2, 0.25) is 5.02 Å². The van der Waals surface area contributed by atoms with Gasteiger partial charge >= 0.3 is 5.97 Å². The normalized spacial score (nSPS) is 16.2. The van der Waals surface area contributed by atoms with Gasteiger partial charge in [-0.2, -0.15) is 0 Å². The molecular formula is C20H17BrClNO5. The fraction of sp³-hybridized carbons (Fsp3) is 0.250. The maximum atomic E-state index is 12.4. The number of benzene rings is 2. The highest BCUT2D eigenvalue weighted by atomic mass is 79.9. The Kier molecular flexibility index (Phi) is 6.36. The maximum absolute atomic E-state index is 12.4. The van der Waals surface area contributed by atoms with Gasteiger partial charge in [0, 0.05) is 28.0 Å². The van der Waals surface area contributed by atoms with E-state index in [2.05, 4.69) is 15.9 Å². The van der Waals surface area contributed by atoms with Crippen LogP contribution in [-0.2, 0) is 14.3 Å². The van der Waals surface area contributed by atoms with Crippen molar-refractivity contribution in [1.29, 1.82) is 0 Å². The van der Waals surface area contributed by atoms with E-state index in [4.69, 9.17) is 21.1 Å². The molecule has 0 aromatic heterocycles. The van der Waals surface area contributed by atoms with Gasteiger partial charge in [0.1, 0.15) is 5.75 Å². The van der Waals surface area contributed by atoms with Crippen LogP contribution < -0.4 is 9.64 Å². The van der Waals surface area contributed by atoms with Gasteiger partial charge in [-0.25, -0.2) is 0 Å². The minimum absolute atomic E-state index is 0.000967. The van der Waals surface area contributed by atoms with Crippen LogP contribution >= 0.6 is 27.5 Å². The van der Waals surface area contributed by atoms with Gasteiger partial charge in [-0.15, -0.1) is 0 Å². The van der Waals surface area contributed by atoms with E-state index in [9.17, 15) is 14.4 Å². The topological polar surface area (TPSA) is 72.9 Å². The Balaban J connectivity index is 1.63. The summed E-state index contributed by atoms with van der Waals surface area (Å²) in [5.41, 5.74) is 0.949. The van der Waals surface area contributed by atoms with Crippen LogP contribution in [0, 0.1) is 5.92 Å². The van der Waals surface area contributed by atoms with Crippen molar-refractivity contribution < 1.29 is 23.9 Å². The highest BCUT2D eigenvalue weighted by Gasteiger charge is 2.37. The minimum atomic E-state index is -0.658. The molecule has 0 unspecified atom stereocenters. The van der Waals surface area contributed by atoms with E-state index in [1.54, 1.807) is 42.5 Å². The number of esters is 1. The number of methoxy groups -OCH3 is 1. The number of halogens is 2. The number of carbonyl (C=O) groups is 3. The van der Waals surface area contributed by atoms with E-state index in [0.717, 1.165) is 4.47 Å². The van der Waals surface area contributed by atoms with Crippen molar-refractivity contribution in [3.8, 4) is 5.75 Å². The van der Waals surface area contributed by atoms with E-state index in [1.807, 2.05) is 0 Å². The second-order valence-electron chi connectivity index (χ2n) is 6.26. The Morgan fingerprint density at radius 2 is 1.93 bits per heavy atom. The summed E-state index contributed by atoms with van der Waals surface area (Å²) < 4.78 is 11.3. The van der Waals surface area contributed by atoms with Crippen molar-refractivity contribution in [3.05, 3.63) is 57.5 Å². The smallest absolute Gasteiger partial charge is 0.311 e. The average Bonchev–Trinajstić information content (AvgIpc) is 3.08. The average molecular weight is 467 g/mol. The van der Waals surface area contributed by atoms with Crippen LogP contribution in [0.15, 0.2) is 46.9 Å². The molecule has 0 bridgehead atoms. The van der Waals surface area contributed by atoms with Gasteiger partial charge in [0.25, 0.3) is 0 Å². The van der Waals surface area contributed by atoms with Crippen molar-refractivity contribution in [2.75, 3.05) is 25.2 Å². The van der Waals surface area contributed by atoms with Gasteiger partial charge < -0.3 is 14.4 Å². The van der Waals surface area contributed by atoms with Crippen LogP contribution in [0.1, 0.15) is 16.8 Å². The number of rotatable bonds is 6. The van der Waals surface area contributed by atoms with Crippen molar-refractivity contribution in [2.45, 2.75) is 6.42 Å². The third-order valence-electron chi connectivity index (χ3n) is 4.40. The number of amides is 1. The molecule has 6 nitrogen and oxygen atoms in total. The lowest BCUT2D eigenvalue weighted by molar-refractivity contribution is -0.147. The Morgan fingerprint density at radius 3 is 2.61 bits per heavy atom. The van der Waals surface area contributed by atoms with Gasteiger partial charge in [-0.3, -0.25) is 14.4 Å². The minimum Gasteiger partial charge on any atom is -0.495 e. The Hall–Kier alpha value is -2.38. The molecule has 0 saturated carbocycles. The zero-order chi connectivity index (χ0) is 20.3. The molecule has 0 aliphatic carbocycles. The summed E-state index contributed by atoms with van der Waals surface area (Å²) in [6.07, 6.45) is 0.000967. The number of hydrogen-bond acceptors (Lipinski definition) is 5. The molecule has 146 valence electrons. The number of carbonyl (C=O) groups excluding carboxylic acids is 3. The second-order valence-corrected chi connectivity index (χ2v) is 7.61. The molecule has 1 fully saturated rings. The maximum Gasteiger partial charge on any atom is 0.311 e. The predicted molar refractivity (Wildman–Crippen MR) is 108 cm³/mol. The van der Waals surface area contributed by atoms with Gasteiger partial charge in [0.05, 0.1) is 18.7 Å².